The summed E-state index contributed by atoms with van der Waals surface area (Å²) in [5, 5.41) is 3.73. The first-order valence-electron chi connectivity index (χ1n) is 13.5. The molecule has 0 aliphatic rings. The van der Waals surface area contributed by atoms with E-state index in [4.69, 9.17) is 15.3 Å². The Hall–Kier alpha value is -3.00. The second-order valence-electron chi connectivity index (χ2n) is 9.78. The summed E-state index contributed by atoms with van der Waals surface area (Å²) in [6.45, 7) is 11.9. The lowest BCUT2D eigenvalue weighted by Crippen LogP contribution is -2.33. The summed E-state index contributed by atoms with van der Waals surface area (Å²) in [6.07, 6.45) is 4.47. The molecule has 0 bridgehead atoms. The molecular formula is C29H41N5O2S. The van der Waals surface area contributed by atoms with Gasteiger partial charge >= 0.3 is 0 Å². The molecule has 3 aromatic rings. The zero-order chi connectivity index (χ0) is 26.6. The number of rotatable bonds is 15. The molecule has 1 heterocycles. The lowest BCUT2D eigenvalue weighted by atomic mass is 10.2. The molecule has 3 rings (SSSR count). The van der Waals surface area contributed by atoms with Gasteiger partial charge < -0.3 is 14.2 Å². The summed E-state index contributed by atoms with van der Waals surface area (Å²) in [4.78, 5) is 20.7. The first-order chi connectivity index (χ1) is 18.0. The molecule has 0 aliphatic carbocycles. The molecule has 200 valence electrons. The van der Waals surface area contributed by atoms with Gasteiger partial charge in [0.1, 0.15) is 11.4 Å². The number of benzene rings is 2. The molecule has 0 atom stereocenters. The lowest BCUT2D eigenvalue weighted by molar-refractivity contribution is -0.131. The molecule has 0 saturated carbocycles. The van der Waals surface area contributed by atoms with Gasteiger partial charge in [-0.15, -0.1) is 0 Å². The smallest absolute Gasteiger partial charge is 0.225 e. The maximum Gasteiger partial charge on any atom is 0.225 e. The van der Waals surface area contributed by atoms with Crippen LogP contribution < -0.4 is 9.54 Å². The van der Waals surface area contributed by atoms with E-state index >= 15 is 0 Å². The zero-order valence-electron chi connectivity index (χ0n) is 22.7. The molecule has 0 radical (unpaired) electrons. The van der Waals surface area contributed by atoms with Crippen molar-refractivity contribution in [2.75, 3.05) is 26.2 Å². The van der Waals surface area contributed by atoms with E-state index in [0.717, 1.165) is 60.3 Å². The molecule has 1 N–H and O–H groups in total. The maximum absolute atomic E-state index is 12.9. The van der Waals surface area contributed by atoms with Gasteiger partial charge in [0.15, 0.2) is 4.80 Å². The van der Waals surface area contributed by atoms with Gasteiger partial charge in [-0.05, 0) is 30.4 Å². The quantitative estimate of drug-likeness (QED) is 0.214. The Morgan fingerprint density at radius 3 is 2.43 bits per heavy atom. The molecule has 37 heavy (non-hydrogen) atoms. The van der Waals surface area contributed by atoms with Gasteiger partial charge in [-0.2, -0.15) is 5.11 Å². The molecule has 1 aromatic heterocycles. The van der Waals surface area contributed by atoms with Gasteiger partial charge in [0, 0.05) is 25.7 Å². The summed E-state index contributed by atoms with van der Waals surface area (Å²) >= 11 is 1.61. The van der Waals surface area contributed by atoms with Crippen molar-refractivity contribution in [3.63, 3.8) is 0 Å². The number of thiazole rings is 1. The number of amides is 1. The highest BCUT2D eigenvalue weighted by Crippen LogP contribution is 2.34. The van der Waals surface area contributed by atoms with Gasteiger partial charge in [0.05, 0.1) is 29.8 Å². The van der Waals surface area contributed by atoms with Crippen LogP contribution in [-0.2, 0) is 11.3 Å². The van der Waals surface area contributed by atoms with Crippen LogP contribution in [0.3, 0.4) is 0 Å². The van der Waals surface area contributed by atoms with E-state index in [-0.39, 0.29) is 12.5 Å². The lowest BCUT2D eigenvalue weighted by Gasteiger charge is -2.22. The van der Waals surface area contributed by atoms with Crippen LogP contribution in [0.15, 0.2) is 52.6 Å². The van der Waals surface area contributed by atoms with E-state index < -0.39 is 0 Å². The summed E-state index contributed by atoms with van der Waals surface area (Å²) in [6, 6.07) is 14.2. The Bertz CT molecular complexity index is 1210. The van der Waals surface area contributed by atoms with E-state index in [9.17, 15) is 4.79 Å². The normalized spacial score (nSPS) is 11.9. The van der Waals surface area contributed by atoms with E-state index in [1.165, 1.54) is 5.56 Å². The van der Waals surface area contributed by atoms with Crippen molar-refractivity contribution in [2.24, 2.45) is 16.0 Å². The second-order valence-corrected chi connectivity index (χ2v) is 10.8. The average molecular weight is 524 g/mol. The number of ether oxygens (including phenoxy) is 1. The summed E-state index contributed by atoms with van der Waals surface area (Å²) in [5.74, 6) is 1.11. The van der Waals surface area contributed by atoms with Crippen molar-refractivity contribution in [1.82, 2.24) is 9.47 Å². The first kappa shape index (κ1) is 28.6. The van der Waals surface area contributed by atoms with Crippen molar-refractivity contribution in [3.05, 3.63) is 52.8 Å². The summed E-state index contributed by atoms with van der Waals surface area (Å²) in [7, 11) is 0. The standard InChI is InChI=1S/C29H41N5O2S/c1-5-7-15-33(16-8-6-2)28(35)14-17-36-26-19-25-27(18-24(26)32-30)37-29(31-20-22(3)4)34(25)21-23-12-10-9-11-13-23/h9-13,18-19,22,30H,5-8,14-17,20-21H2,1-4H3. The number of nitrogens with zero attached hydrogens (tertiary/aromatic N) is 4. The van der Waals surface area contributed by atoms with Crippen molar-refractivity contribution < 1.29 is 9.53 Å². The van der Waals surface area contributed by atoms with Crippen LogP contribution in [0.2, 0.25) is 0 Å². The molecule has 7 nitrogen and oxygen atoms in total. The van der Waals surface area contributed by atoms with Crippen molar-refractivity contribution >= 4 is 33.1 Å². The third kappa shape index (κ3) is 8.25. The Balaban J connectivity index is 1.86. The maximum atomic E-state index is 12.9. The number of carbonyl (C=O) groups excluding carboxylic acids is 1. The molecule has 2 aromatic carbocycles. The second kappa shape index (κ2) is 14.7. The third-order valence-electron chi connectivity index (χ3n) is 6.15. The van der Waals surface area contributed by atoms with Gasteiger partial charge in [-0.3, -0.25) is 9.79 Å². The molecule has 0 saturated heterocycles. The zero-order valence-corrected chi connectivity index (χ0v) is 23.5. The largest absolute Gasteiger partial charge is 0.491 e. The fraction of sp³-hybridized carbons (Fsp3) is 0.517. The number of hydrogen-bond acceptors (Lipinski definition) is 6. The molecular weight excluding hydrogens is 482 g/mol. The SMILES string of the molecule is CCCCN(CCCC)C(=O)CCOc1cc2c(cc1N=N)sc(=NCC(C)C)n2Cc1ccccc1. The van der Waals surface area contributed by atoms with Gasteiger partial charge in [0.25, 0.3) is 0 Å². The van der Waals surface area contributed by atoms with Crippen LogP contribution >= 0.6 is 11.3 Å². The van der Waals surface area contributed by atoms with Gasteiger partial charge in [0.2, 0.25) is 5.91 Å². The van der Waals surface area contributed by atoms with Crippen LogP contribution in [0.25, 0.3) is 10.2 Å². The molecule has 0 spiro atoms. The number of fused-ring (bicyclic) bond motifs is 1. The van der Waals surface area contributed by atoms with Crippen LogP contribution in [0.4, 0.5) is 5.69 Å². The van der Waals surface area contributed by atoms with E-state index in [1.807, 2.05) is 35.2 Å². The number of hydrogen-bond donors (Lipinski definition) is 1. The Labute approximate surface area is 224 Å². The minimum absolute atomic E-state index is 0.122. The van der Waals surface area contributed by atoms with Gasteiger partial charge in [-0.25, -0.2) is 5.53 Å². The molecule has 1 amide bonds. The Morgan fingerprint density at radius 1 is 1.11 bits per heavy atom. The molecule has 0 unspecified atom stereocenters. The average Bonchev–Trinajstić information content (AvgIpc) is 3.23. The van der Waals surface area contributed by atoms with E-state index in [2.05, 4.69) is 49.5 Å². The van der Waals surface area contributed by atoms with E-state index in [1.54, 1.807) is 11.3 Å². The van der Waals surface area contributed by atoms with Crippen molar-refractivity contribution in [3.8, 4) is 5.75 Å². The highest BCUT2D eigenvalue weighted by molar-refractivity contribution is 7.16. The predicted molar refractivity (Wildman–Crippen MR) is 152 cm³/mol. The van der Waals surface area contributed by atoms with Crippen LogP contribution in [0.5, 0.6) is 5.75 Å². The molecule has 8 heteroatoms. The minimum Gasteiger partial charge on any atom is -0.491 e. The monoisotopic (exact) mass is 523 g/mol. The van der Waals surface area contributed by atoms with Crippen LogP contribution in [-0.4, -0.2) is 41.6 Å². The fourth-order valence-corrected chi connectivity index (χ4v) is 5.11. The number of nitrogens with one attached hydrogen (secondary N) is 1. The molecule has 0 aliphatic heterocycles. The van der Waals surface area contributed by atoms with Crippen molar-refractivity contribution in [1.29, 1.82) is 5.53 Å². The predicted octanol–water partition coefficient (Wildman–Crippen LogP) is 7.17. The van der Waals surface area contributed by atoms with Crippen molar-refractivity contribution in [2.45, 2.75) is 66.3 Å². The third-order valence-corrected chi connectivity index (χ3v) is 7.23. The Kier molecular flexibility index (Phi) is 11.3. The summed E-state index contributed by atoms with van der Waals surface area (Å²) in [5.41, 5.74) is 10.4. The van der Waals surface area contributed by atoms with Crippen LogP contribution in [0.1, 0.15) is 65.4 Å². The topological polar surface area (TPSA) is 83.0 Å². The minimum atomic E-state index is 0.122. The number of unbranched alkanes of at least 4 members (excludes halogenated alkanes) is 2. The first-order valence-corrected chi connectivity index (χ1v) is 14.3. The number of aromatic nitrogens is 1. The van der Waals surface area contributed by atoms with E-state index in [0.29, 0.717) is 30.3 Å². The fourth-order valence-electron chi connectivity index (χ4n) is 4.05. The van der Waals surface area contributed by atoms with Gasteiger partial charge in [-0.1, -0.05) is 82.2 Å². The van der Waals surface area contributed by atoms with Crippen LogP contribution in [0, 0.1) is 11.4 Å². The highest BCUT2D eigenvalue weighted by Gasteiger charge is 2.16. The molecule has 0 fully saturated rings. The highest BCUT2D eigenvalue weighted by atomic mass is 32.1. The number of carbonyl (C=O) groups is 1. The summed E-state index contributed by atoms with van der Waals surface area (Å²) < 4.78 is 9.30. The Morgan fingerprint density at radius 2 is 1.81 bits per heavy atom.